The number of hydrogen-bond donors (Lipinski definition) is 2. The summed E-state index contributed by atoms with van der Waals surface area (Å²) in [4.78, 5) is 11.0. The molecule has 0 saturated heterocycles. The van der Waals surface area contributed by atoms with Crippen molar-refractivity contribution in [3.05, 3.63) is 39.1 Å². The number of carbonyl (C=O) groups is 1. The molecule has 2 aromatic heterocycles. The third-order valence-electron chi connectivity index (χ3n) is 2.99. The van der Waals surface area contributed by atoms with Gasteiger partial charge in [-0.3, -0.25) is 9.52 Å². The summed E-state index contributed by atoms with van der Waals surface area (Å²) in [5.41, 5.74) is 1.41. The third-order valence-corrected chi connectivity index (χ3v) is 8.29. The SMILES string of the molecule is CC(=O)Nc1ccc(-c2nnc(NS(=O)(=O)c3cc(Br)c(Cl)s3)s2)cc1. The van der Waals surface area contributed by atoms with Gasteiger partial charge in [0.2, 0.25) is 11.0 Å². The van der Waals surface area contributed by atoms with E-state index in [1.807, 2.05) is 0 Å². The van der Waals surface area contributed by atoms with Crippen molar-refractivity contribution in [3.63, 3.8) is 0 Å². The first-order valence-corrected chi connectivity index (χ1v) is 11.2. The maximum atomic E-state index is 12.4. The quantitative estimate of drug-likeness (QED) is 0.547. The molecule has 3 rings (SSSR count). The van der Waals surface area contributed by atoms with E-state index in [4.69, 9.17) is 11.6 Å². The van der Waals surface area contributed by atoms with E-state index >= 15 is 0 Å². The zero-order valence-corrected chi connectivity index (χ0v) is 17.8. The van der Waals surface area contributed by atoms with Crippen LogP contribution in [0.1, 0.15) is 6.92 Å². The fourth-order valence-corrected chi connectivity index (χ4v) is 6.19. The standard InChI is InChI=1S/C14H10BrClN4O3S3/c1-7(21)17-9-4-2-8(3-5-9)13-18-19-14(25-13)20-26(22,23)11-6-10(15)12(16)24-11/h2-6H,1H3,(H,17,21)(H,19,20). The van der Waals surface area contributed by atoms with Gasteiger partial charge in [-0.05, 0) is 46.3 Å². The molecule has 0 spiro atoms. The largest absolute Gasteiger partial charge is 0.326 e. The second-order valence-electron chi connectivity index (χ2n) is 4.96. The van der Waals surface area contributed by atoms with Crippen LogP contribution >= 0.6 is 50.2 Å². The summed E-state index contributed by atoms with van der Waals surface area (Å²) >= 11 is 11.1. The number of halogens is 2. The summed E-state index contributed by atoms with van der Waals surface area (Å²) in [5.74, 6) is -0.161. The van der Waals surface area contributed by atoms with Crippen molar-refractivity contribution in [1.82, 2.24) is 10.2 Å². The average Bonchev–Trinajstić information content (AvgIpc) is 3.15. The van der Waals surface area contributed by atoms with Crippen LogP contribution in [0.4, 0.5) is 10.8 Å². The van der Waals surface area contributed by atoms with E-state index in [0.29, 0.717) is 19.5 Å². The summed E-state index contributed by atoms with van der Waals surface area (Å²) in [7, 11) is -3.79. The number of benzene rings is 1. The Morgan fingerprint density at radius 1 is 1.19 bits per heavy atom. The van der Waals surface area contributed by atoms with Gasteiger partial charge in [-0.2, -0.15) is 0 Å². The Labute approximate surface area is 170 Å². The summed E-state index contributed by atoms with van der Waals surface area (Å²) < 4.78 is 28.1. The summed E-state index contributed by atoms with van der Waals surface area (Å²) in [6.45, 7) is 1.43. The maximum absolute atomic E-state index is 12.4. The molecule has 0 unspecified atom stereocenters. The number of nitrogens with zero attached hydrogens (tertiary/aromatic N) is 2. The van der Waals surface area contributed by atoms with Crippen molar-refractivity contribution >= 4 is 77.0 Å². The molecule has 26 heavy (non-hydrogen) atoms. The third kappa shape index (κ3) is 4.41. The molecule has 0 atom stereocenters. The van der Waals surface area contributed by atoms with E-state index in [2.05, 4.69) is 36.2 Å². The lowest BCUT2D eigenvalue weighted by Crippen LogP contribution is -2.11. The highest BCUT2D eigenvalue weighted by Gasteiger charge is 2.21. The molecule has 3 aromatic rings. The van der Waals surface area contributed by atoms with Gasteiger partial charge in [0.25, 0.3) is 10.0 Å². The van der Waals surface area contributed by atoms with Crippen molar-refractivity contribution in [1.29, 1.82) is 0 Å². The van der Waals surface area contributed by atoms with Gasteiger partial charge in [0.05, 0.1) is 0 Å². The van der Waals surface area contributed by atoms with Gasteiger partial charge in [-0.25, -0.2) is 8.42 Å². The number of sulfonamides is 1. The van der Waals surface area contributed by atoms with Crippen LogP contribution in [0.2, 0.25) is 4.34 Å². The van der Waals surface area contributed by atoms with Gasteiger partial charge in [-0.15, -0.1) is 21.5 Å². The Bertz CT molecular complexity index is 1040. The molecular formula is C14H10BrClN4O3S3. The molecule has 2 heterocycles. The van der Waals surface area contributed by atoms with Gasteiger partial charge in [0, 0.05) is 22.6 Å². The lowest BCUT2D eigenvalue weighted by Gasteiger charge is -2.02. The van der Waals surface area contributed by atoms with Crippen LogP contribution in [0.25, 0.3) is 10.6 Å². The number of nitrogens with one attached hydrogen (secondary N) is 2. The molecule has 136 valence electrons. The molecule has 1 amide bonds. The molecule has 0 fully saturated rings. The average molecular weight is 494 g/mol. The normalized spacial score (nSPS) is 11.3. The van der Waals surface area contributed by atoms with E-state index in [-0.39, 0.29) is 15.2 Å². The van der Waals surface area contributed by atoms with Crippen molar-refractivity contribution in [2.45, 2.75) is 11.1 Å². The molecule has 2 N–H and O–H groups in total. The Kier molecular flexibility index (Phi) is 5.63. The summed E-state index contributed by atoms with van der Waals surface area (Å²) in [6, 6.07) is 8.42. The molecular weight excluding hydrogens is 484 g/mol. The Morgan fingerprint density at radius 2 is 1.88 bits per heavy atom. The molecule has 0 aliphatic heterocycles. The van der Waals surface area contributed by atoms with Crippen molar-refractivity contribution in [3.8, 4) is 10.6 Å². The van der Waals surface area contributed by atoms with Crippen LogP contribution in [0.5, 0.6) is 0 Å². The Hall–Kier alpha value is -1.53. The van der Waals surface area contributed by atoms with Gasteiger partial charge >= 0.3 is 0 Å². The molecule has 0 aliphatic carbocycles. The van der Waals surface area contributed by atoms with Gasteiger partial charge in [0.1, 0.15) is 13.6 Å². The minimum Gasteiger partial charge on any atom is -0.326 e. The lowest BCUT2D eigenvalue weighted by atomic mass is 10.2. The predicted molar refractivity (Wildman–Crippen MR) is 107 cm³/mol. The second-order valence-corrected chi connectivity index (χ2v) is 10.4. The fraction of sp³-hybridized carbons (Fsp3) is 0.0714. The van der Waals surface area contributed by atoms with Gasteiger partial charge < -0.3 is 5.32 Å². The number of aromatic nitrogens is 2. The number of carbonyl (C=O) groups excluding carboxylic acids is 1. The first-order valence-electron chi connectivity index (χ1n) is 6.94. The summed E-state index contributed by atoms with van der Waals surface area (Å²) in [6.07, 6.45) is 0. The fourth-order valence-electron chi connectivity index (χ4n) is 1.90. The highest BCUT2D eigenvalue weighted by molar-refractivity contribution is 9.10. The van der Waals surface area contributed by atoms with E-state index in [9.17, 15) is 13.2 Å². The first-order chi connectivity index (χ1) is 12.2. The Morgan fingerprint density at radius 3 is 2.46 bits per heavy atom. The maximum Gasteiger partial charge on any atom is 0.273 e. The molecule has 12 heteroatoms. The van der Waals surface area contributed by atoms with Crippen LogP contribution < -0.4 is 10.0 Å². The monoisotopic (exact) mass is 492 g/mol. The van der Waals surface area contributed by atoms with Crippen LogP contribution in [0, 0.1) is 0 Å². The number of amides is 1. The highest BCUT2D eigenvalue weighted by atomic mass is 79.9. The second kappa shape index (κ2) is 7.61. The van der Waals surface area contributed by atoms with Crippen molar-refractivity contribution in [2.75, 3.05) is 10.0 Å². The molecule has 0 aliphatic rings. The zero-order valence-electron chi connectivity index (χ0n) is 13.0. The van der Waals surface area contributed by atoms with Crippen LogP contribution in [0.3, 0.4) is 0 Å². The lowest BCUT2D eigenvalue weighted by molar-refractivity contribution is -0.114. The minimum absolute atomic E-state index is 0.0748. The summed E-state index contributed by atoms with van der Waals surface area (Å²) in [5, 5.41) is 11.2. The van der Waals surface area contributed by atoms with Gasteiger partial charge in [0.15, 0.2) is 0 Å². The first kappa shape index (κ1) is 19.2. The molecule has 0 radical (unpaired) electrons. The van der Waals surface area contributed by atoms with Crippen LogP contribution in [-0.2, 0) is 14.8 Å². The topological polar surface area (TPSA) is 101 Å². The van der Waals surface area contributed by atoms with Crippen molar-refractivity contribution in [2.24, 2.45) is 0 Å². The molecule has 0 bridgehead atoms. The van der Waals surface area contributed by atoms with Crippen LogP contribution in [0.15, 0.2) is 39.0 Å². The molecule has 7 nitrogen and oxygen atoms in total. The number of rotatable bonds is 5. The number of thiophene rings is 1. The van der Waals surface area contributed by atoms with Gasteiger partial charge in [-0.1, -0.05) is 22.9 Å². The van der Waals surface area contributed by atoms with Crippen molar-refractivity contribution < 1.29 is 13.2 Å². The molecule has 1 aromatic carbocycles. The Balaban J connectivity index is 1.78. The van der Waals surface area contributed by atoms with E-state index in [1.54, 1.807) is 24.3 Å². The molecule has 0 saturated carbocycles. The predicted octanol–water partition coefficient (Wildman–Crippen LogP) is 4.44. The smallest absolute Gasteiger partial charge is 0.273 e. The number of hydrogen-bond acceptors (Lipinski definition) is 7. The number of anilines is 2. The van der Waals surface area contributed by atoms with E-state index in [0.717, 1.165) is 28.2 Å². The van der Waals surface area contributed by atoms with Crippen LogP contribution in [-0.4, -0.2) is 24.5 Å². The van der Waals surface area contributed by atoms with E-state index in [1.165, 1.54) is 13.0 Å². The minimum atomic E-state index is -3.79. The van der Waals surface area contributed by atoms with E-state index < -0.39 is 10.0 Å². The zero-order chi connectivity index (χ0) is 18.9. The highest BCUT2D eigenvalue weighted by Crippen LogP contribution is 2.36.